The maximum absolute atomic E-state index is 13.2. The van der Waals surface area contributed by atoms with Gasteiger partial charge >= 0.3 is 0 Å². The van der Waals surface area contributed by atoms with Crippen molar-refractivity contribution >= 4 is 23.4 Å². The molecule has 0 aromatic heterocycles. The minimum absolute atomic E-state index is 0.304. The standard InChI is InChI=1S/C21H26N2O4S/c1-22(2)11-12-23-17-13-16(27-4)9-10-18(17)28-20(19(24)21(23)25)14-5-7-15(26-3)8-6-14/h5-10,13,19-20,24H,11-12H2,1-4H3/t19-,20+/m1/s1. The largest absolute Gasteiger partial charge is 0.497 e. The van der Waals surface area contributed by atoms with Crippen LogP contribution in [-0.2, 0) is 4.79 Å². The zero-order chi connectivity index (χ0) is 20.3. The van der Waals surface area contributed by atoms with Crippen molar-refractivity contribution in [2.24, 2.45) is 0 Å². The molecule has 0 spiro atoms. The second kappa shape index (κ2) is 8.86. The Balaban J connectivity index is 2.02. The van der Waals surface area contributed by atoms with Gasteiger partial charge in [0.25, 0.3) is 5.91 Å². The van der Waals surface area contributed by atoms with Crippen LogP contribution in [0.2, 0.25) is 0 Å². The van der Waals surface area contributed by atoms with E-state index in [2.05, 4.69) is 0 Å². The number of carbonyl (C=O) groups is 1. The third-order valence-electron chi connectivity index (χ3n) is 4.73. The Hall–Kier alpha value is -2.22. The highest BCUT2D eigenvalue weighted by atomic mass is 32.2. The van der Waals surface area contributed by atoms with Crippen LogP contribution in [0.15, 0.2) is 47.4 Å². The Morgan fingerprint density at radius 1 is 1.07 bits per heavy atom. The average molecular weight is 403 g/mol. The first-order chi connectivity index (χ1) is 13.4. The third kappa shape index (κ3) is 4.27. The van der Waals surface area contributed by atoms with Crippen molar-refractivity contribution in [3.05, 3.63) is 48.0 Å². The number of ether oxygens (including phenoxy) is 2. The van der Waals surface area contributed by atoms with Crippen molar-refractivity contribution in [3.63, 3.8) is 0 Å². The fraction of sp³-hybridized carbons (Fsp3) is 0.381. The molecule has 0 saturated carbocycles. The number of carbonyl (C=O) groups excluding carboxylic acids is 1. The number of rotatable bonds is 6. The SMILES string of the molecule is COc1ccc([C@@H]2Sc3ccc(OC)cc3N(CCN(C)C)C(=O)[C@@H]2O)cc1. The van der Waals surface area contributed by atoms with Gasteiger partial charge in [0, 0.05) is 24.1 Å². The number of hydrogen-bond acceptors (Lipinski definition) is 6. The van der Waals surface area contributed by atoms with Gasteiger partial charge in [0.2, 0.25) is 0 Å². The number of anilines is 1. The highest BCUT2D eigenvalue weighted by molar-refractivity contribution is 7.99. The lowest BCUT2D eigenvalue weighted by Crippen LogP contribution is -2.43. The van der Waals surface area contributed by atoms with Crippen molar-refractivity contribution < 1.29 is 19.4 Å². The van der Waals surface area contributed by atoms with E-state index in [9.17, 15) is 9.90 Å². The summed E-state index contributed by atoms with van der Waals surface area (Å²) in [5.41, 5.74) is 1.65. The van der Waals surface area contributed by atoms with Crippen molar-refractivity contribution in [1.29, 1.82) is 0 Å². The Morgan fingerprint density at radius 3 is 2.32 bits per heavy atom. The van der Waals surface area contributed by atoms with Crippen LogP contribution in [0.25, 0.3) is 0 Å². The van der Waals surface area contributed by atoms with Crippen LogP contribution in [0, 0.1) is 0 Å². The zero-order valence-corrected chi connectivity index (χ0v) is 17.4. The number of amides is 1. The van der Waals surface area contributed by atoms with Gasteiger partial charge in [-0.15, -0.1) is 11.8 Å². The van der Waals surface area contributed by atoms with E-state index in [-0.39, 0.29) is 5.91 Å². The normalized spacial score (nSPS) is 19.4. The molecule has 0 fully saturated rings. The lowest BCUT2D eigenvalue weighted by atomic mass is 10.1. The van der Waals surface area contributed by atoms with E-state index in [0.29, 0.717) is 18.8 Å². The van der Waals surface area contributed by atoms with E-state index in [1.165, 1.54) is 11.8 Å². The number of thioether (sulfide) groups is 1. The number of likely N-dealkylation sites (N-methyl/N-ethyl adjacent to an activating group) is 1. The monoisotopic (exact) mass is 402 g/mol. The minimum atomic E-state index is -1.15. The predicted molar refractivity (Wildman–Crippen MR) is 111 cm³/mol. The number of nitrogens with zero attached hydrogens (tertiary/aromatic N) is 2. The maximum atomic E-state index is 13.2. The van der Waals surface area contributed by atoms with Crippen LogP contribution in [-0.4, -0.2) is 63.4 Å². The summed E-state index contributed by atoms with van der Waals surface area (Å²) in [6.45, 7) is 1.17. The minimum Gasteiger partial charge on any atom is -0.497 e. The van der Waals surface area contributed by atoms with Crippen molar-refractivity contribution in [3.8, 4) is 11.5 Å². The summed E-state index contributed by atoms with van der Waals surface area (Å²) >= 11 is 1.49. The third-order valence-corrected chi connectivity index (χ3v) is 6.11. The van der Waals surface area contributed by atoms with Crippen molar-refractivity contribution in [2.45, 2.75) is 16.2 Å². The Morgan fingerprint density at radius 2 is 1.71 bits per heavy atom. The zero-order valence-electron chi connectivity index (χ0n) is 16.6. The number of hydrogen-bond donors (Lipinski definition) is 1. The van der Waals surface area contributed by atoms with Gasteiger partial charge in [0.15, 0.2) is 0 Å². The Bertz CT molecular complexity index is 826. The fourth-order valence-corrected chi connectivity index (χ4v) is 4.37. The maximum Gasteiger partial charge on any atom is 0.257 e. The number of fused-ring (bicyclic) bond motifs is 1. The lowest BCUT2D eigenvalue weighted by molar-refractivity contribution is -0.126. The molecule has 0 saturated heterocycles. The second-order valence-corrected chi connectivity index (χ2v) is 8.07. The van der Waals surface area contributed by atoms with Crippen LogP contribution < -0.4 is 14.4 Å². The molecule has 0 bridgehead atoms. The molecule has 1 aliphatic heterocycles. The van der Waals surface area contributed by atoms with Crippen LogP contribution >= 0.6 is 11.8 Å². The molecule has 1 N–H and O–H groups in total. The molecule has 3 rings (SSSR count). The molecule has 1 heterocycles. The quantitative estimate of drug-likeness (QED) is 0.802. The van der Waals surface area contributed by atoms with Crippen LogP contribution in [0.5, 0.6) is 11.5 Å². The molecule has 2 aromatic rings. The molecule has 150 valence electrons. The van der Waals surface area contributed by atoms with E-state index in [1.807, 2.05) is 61.5 Å². The van der Waals surface area contributed by atoms with Gasteiger partial charge < -0.3 is 24.4 Å². The first kappa shape index (κ1) is 20.5. The van der Waals surface area contributed by atoms with E-state index in [4.69, 9.17) is 9.47 Å². The van der Waals surface area contributed by atoms with Gasteiger partial charge in [-0.1, -0.05) is 12.1 Å². The van der Waals surface area contributed by atoms with E-state index >= 15 is 0 Å². The molecule has 6 nitrogen and oxygen atoms in total. The fourth-order valence-electron chi connectivity index (χ4n) is 3.12. The average Bonchev–Trinajstić information content (AvgIpc) is 2.81. The van der Waals surface area contributed by atoms with Crippen molar-refractivity contribution in [1.82, 2.24) is 4.90 Å². The molecule has 2 atom stereocenters. The summed E-state index contributed by atoms with van der Waals surface area (Å²) in [6.07, 6.45) is -1.15. The molecule has 0 unspecified atom stereocenters. The molecule has 2 aromatic carbocycles. The van der Waals surface area contributed by atoms with Gasteiger partial charge in [0.1, 0.15) is 17.6 Å². The van der Waals surface area contributed by atoms with Crippen LogP contribution in [0.3, 0.4) is 0 Å². The summed E-state index contributed by atoms with van der Waals surface area (Å²) in [7, 11) is 7.13. The smallest absolute Gasteiger partial charge is 0.257 e. The Kier molecular flexibility index (Phi) is 6.49. The first-order valence-corrected chi connectivity index (χ1v) is 9.95. The van der Waals surface area contributed by atoms with Gasteiger partial charge in [-0.05, 0) is 43.9 Å². The summed E-state index contributed by atoms with van der Waals surface area (Å²) in [5, 5.41) is 10.5. The topological polar surface area (TPSA) is 62.2 Å². The summed E-state index contributed by atoms with van der Waals surface area (Å²) in [6, 6.07) is 13.2. The van der Waals surface area contributed by atoms with Crippen molar-refractivity contribution in [2.75, 3.05) is 46.3 Å². The van der Waals surface area contributed by atoms with E-state index < -0.39 is 11.4 Å². The van der Waals surface area contributed by atoms with Crippen LogP contribution in [0.4, 0.5) is 5.69 Å². The number of benzene rings is 2. The van der Waals surface area contributed by atoms with E-state index in [0.717, 1.165) is 21.9 Å². The summed E-state index contributed by atoms with van der Waals surface area (Å²) in [5.74, 6) is 1.11. The van der Waals surface area contributed by atoms with Gasteiger partial charge in [0.05, 0.1) is 25.2 Å². The number of aliphatic hydroxyl groups excluding tert-OH is 1. The molecular formula is C21H26N2O4S. The highest BCUT2D eigenvalue weighted by Gasteiger charge is 2.37. The number of aliphatic hydroxyl groups is 1. The lowest BCUT2D eigenvalue weighted by Gasteiger charge is -2.26. The first-order valence-electron chi connectivity index (χ1n) is 9.07. The van der Waals surface area contributed by atoms with Gasteiger partial charge in [-0.3, -0.25) is 4.79 Å². The predicted octanol–water partition coefficient (Wildman–Crippen LogP) is 2.81. The molecule has 0 aliphatic carbocycles. The molecule has 28 heavy (non-hydrogen) atoms. The van der Waals surface area contributed by atoms with Gasteiger partial charge in [-0.2, -0.15) is 0 Å². The van der Waals surface area contributed by atoms with Gasteiger partial charge in [-0.25, -0.2) is 0 Å². The molecule has 7 heteroatoms. The summed E-state index contributed by atoms with van der Waals surface area (Å²) < 4.78 is 10.6. The van der Waals surface area contributed by atoms with E-state index in [1.54, 1.807) is 19.1 Å². The van der Waals surface area contributed by atoms with Crippen LogP contribution in [0.1, 0.15) is 10.8 Å². The molecular weight excluding hydrogens is 376 g/mol. The number of methoxy groups -OCH3 is 2. The Labute approximate surface area is 170 Å². The summed E-state index contributed by atoms with van der Waals surface area (Å²) in [4.78, 5) is 17.8. The highest BCUT2D eigenvalue weighted by Crippen LogP contribution is 2.46. The molecule has 1 aliphatic rings. The molecule has 1 amide bonds. The second-order valence-electron chi connectivity index (χ2n) is 6.88. The molecule has 0 radical (unpaired) electrons.